The summed E-state index contributed by atoms with van der Waals surface area (Å²) in [6.07, 6.45) is 0.654. The molecule has 106 valence electrons. The molecule has 0 atom stereocenters. The summed E-state index contributed by atoms with van der Waals surface area (Å²) in [5.41, 5.74) is 8.18. The molecule has 5 nitrogen and oxygen atoms in total. The Kier molecular flexibility index (Phi) is 4.13. The second-order valence-electron chi connectivity index (χ2n) is 4.35. The normalized spacial score (nSPS) is 10.6. The van der Waals surface area contributed by atoms with E-state index in [1.165, 1.54) is 7.11 Å². The molecule has 0 saturated heterocycles. The Morgan fingerprint density at radius 3 is 2.80 bits per heavy atom. The molecule has 0 aliphatic heterocycles. The van der Waals surface area contributed by atoms with Crippen LogP contribution in [-0.2, 0) is 11.2 Å². The molecule has 2 N–H and O–H groups in total. The van der Waals surface area contributed by atoms with Crippen molar-refractivity contribution in [2.45, 2.75) is 20.3 Å². The van der Waals surface area contributed by atoms with Gasteiger partial charge in [-0.05, 0) is 34.5 Å². The van der Waals surface area contributed by atoms with Gasteiger partial charge in [0.2, 0.25) is 0 Å². The van der Waals surface area contributed by atoms with E-state index in [9.17, 15) is 4.79 Å². The zero-order valence-electron chi connectivity index (χ0n) is 11.6. The molecule has 0 radical (unpaired) electrons. The predicted octanol–water partition coefficient (Wildman–Crippen LogP) is 2.87. The van der Waals surface area contributed by atoms with Crippen LogP contribution in [0.1, 0.15) is 28.8 Å². The van der Waals surface area contributed by atoms with Crippen LogP contribution < -0.4 is 5.73 Å². The minimum atomic E-state index is -0.528. The number of carbonyl (C=O) groups excluding carboxylic acids is 1. The number of imidazole rings is 1. The number of halogens is 1. The molecule has 0 fully saturated rings. The first-order valence-corrected chi connectivity index (χ1v) is 7.01. The van der Waals surface area contributed by atoms with E-state index in [1.807, 2.05) is 32.0 Å². The number of esters is 1. The van der Waals surface area contributed by atoms with Gasteiger partial charge >= 0.3 is 5.97 Å². The molecule has 20 heavy (non-hydrogen) atoms. The first-order chi connectivity index (χ1) is 9.51. The fourth-order valence-corrected chi connectivity index (χ4v) is 2.48. The molecule has 0 aliphatic rings. The van der Waals surface area contributed by atoms with E-state index in [4.69, 9.17) is 10.5 Å². The average molecular weight is 338 g/mol. The van der Waals surface area contributed by atoms with Crippen LogP contribution >= 0.6 is 15.9 Å². The summed E-state index contributed by atoms with van der Waals surface area (Å²) in [4.78, 5) is 16.0. The van der Waals surface area contributed by atoms with Crippen LogP contribution in [0.25, 0.3) is 5.69 Å². The van der Waals surface area contributed by atoms with E-state index < -0.39 is 5.97 Å². The Balaban J connectivity index is 2.70. The third-order valence-corrected chi connectivity index (χ3v) is 4.12. The summed E-state index contributed by atoms with van der Waals surface area (Å²) in [6, 6.07) is 5.86. The van der Waals surface area contributed by atoms with E-state index >= 15 is 0 Å². The number of aromatic nitrogens is 2. The van der Waals surface area contributed by atoms with Crippen molar-refractivity contribution in [3.05, 3.63) is 39.8 Å². The quantitative estimate of drug-likeness (QED) is 0.874. The van der Waals surface area contributed by atoms with E-state index in [2.05, 4.69) is 20.9 Å². The highest BCUT2D eigenvalue weighted by Gasteiger charge is 2.22. The number of hydrogen-bond acceptors (Lipinski definition) is 4. The number of nitrogen functional groups attached to an aromatic ring is 1. The zero-order valence-corrected chi connectivity index (χ0v) is 13.2. The molecule has 0 amide bonds. The summed E-state index contributed by atoms with van der Waals surface area (Å²) < 4.78 is 7.42. The molecule has 2 aromatic rings. The maximum Gasteiger partial charge on any atom is 0.360 e. The number of ether oxygens (including phenoxy) is 1. The van der Waals surface area contributed by atoms with Gasteiger partial charge in [0.15, 0.2) is 5.69 Å². The maximum atomic E-state index is 11.7. The number of rotatable bonds is 3. The smallest absolute Gasteiger partial charge is 0.360 e. The molecule has 2 rings (SSSR count). The third kappa shape index (κ3) is 2.31. The minimum Gasteiger partial charge on any atom is -0.464 e. The topological polar surface area (TPSA) is 70.1 Å². The van der Waals surface area contributed by atoms with Gasteiger partial charge in [0.25, 0.3) is 0 Å². The van der Waals surface area contributed by atoms with Gasteiger partial charge in [-0.3, -0.25) is 4.57 Å². The highest BCUT2D eigenvalue weighted by atomic mass is 79.9. The lowest BCUT2D eigenvalue weighted by molar-refractivity contribution is 0.0596. The van der Waals surface area contributed by atoms with Crippen molar-refractivity contribution in [3.8, 4) is 5.69 Å². The number of anilines is 1. The Hall–Kier alpha value is -1.82. The summed E-state index contributed by atoms with van der Waals surface area (Å²) in [5.74, 6) is 0.480. The molecule has 0 spiro atoms. The lowest BCUT2D eigenvalue weighted by Gasteiger charge is -2.12. The van der Waals surface area contributed by atoms with Crippen molar-refractivity contribution in [2.24, 2.45) is 0 Å². The van der Waals surface area contributed by atoms with Crippen LogP contribution in [0.2, 0.25) is 0 Å². The van der Waals surface area contributed by atoms with Crippen molar-refractivity contribution in [1.29, 1.82) is 0 Å². The number of nitrogens with zero attached hydrogens (tertiary/aromatic N) is 2. The van der Waals surface area contributed by atoms with Crippen LogP contribution in [0.15, 0.2) is 22.7 Å². The number of methoxy groups -OCH3 is 1. The summed E-state index contributed by atoms with van der Waals surface area (Å²) >= 11 is 3.56. The summed E-state index contributed by atoms with van der Waals surface area (Å²) in [5, 5.41) is 0. The van der Waals surface area contributed by atoms with E-state index in [0.29, 0.717) is 18.1 Å². The average Bonchev–Trinajstić information content (AvgIpc) is 2.78. The van der Waals surface area contributed by atoms with Gasteiger partial charge < -0.3 is 10.5 Å². The van der Waals surface area contributed by atoms with Crippen LogP contribution in [0, 0.1) is 6.92 Å². The van der Waals surface area contributed by atoms with Gasteiger partial charge in [-0.1, -0.05) is 19.1 Å². The van der Waals surface area contributed by atoms with Gasteiger partial charge in [-0.25, -0.2) is 9.78 Å². The first kappa shape index (κ1) is 14.6. The number of carbonyl (C=O) groups is 1. The lowest BCUT2D eigenvalue weighted by atomic mass is 10.2. The fraction of sp³-hybridized carbons (Fsp3) is 0.286. The molecule has 1 aromatic heterocycles. The van der Waals surface area contributed by atoms with Gasteiger partial charge in [-0.2, -0.15) is 0 Å². The van der Waals surface area contributed by atoms with Gasteiger partial charge in [0.05, 0.1) is 12.8 Å². The Morgan fingerprint density at radius 1 is 1.50 bits per heavy atom. The molecule has 0 unspecified atom stereocenters. The lowest BCUT2D eigenvalue weighted by Crippen LogP contribution is -2.08. The molecule has 0 aliphatic carbocycles. The third-order valence-electron chi connectivity index (χ3n) is 3.09. The molecular weight excluding hydrogens is 322 g/mol. The Labute approximate surface area is 125 Å². The van der Waals surface area contributed by atoms with Crippen molar-refractivity contribution < 1.29 is 9.53 Å². The number of hydrogen-bond donors (Lipinski definition) is 1. The molecule has 0 bridgehead atoms. The minimum absolute atomic E-state index is 0.151. The van der Waals surface area contributed by atoms with Gasteiger partial charge in [0.1, 0.15) is 11.6 Å². The van der Waals surface area contributed by atoms with Crippen LogP contribution in [-0.4, -0.2) is 22.6 Å². The summed E-state index contributed by atoms with van der Waals surface area (Å²) in [6.45, 7) is 3.95. The number of aryl methyl sites for hydroxylation is 2. The maximum absolute atomic E-state index is 11.7. The Bertz CT molecular complexity index is 665. The Morgan fingerprint density at radius 2 is 2.20 bits per heavy atom. The SMILES string of the molecule is CCc1nc(C(=O)OC)c(N)n1-c1cccc(C)c1Br. The largest absolute Gasteiger partial charge is 0.464 e. The summed E-state index contributed by atoms with van der Waals surface area (Å²) in [7, 11) is 1.31. The van der Waals surface area contributed by atoms with Crippen LogP contribution in [0.4, 0.5) is 5.82 Å². The predicted molar refractivity (Wildman–Crippen MR) is 81.1 cm³/mol. The second-order valence-corrected chi connectivity index (χ2v) is 5.14. The molecule has 6 heteroatoms. The highest BCUT2D eigenvalue weighted by molar-refractivity contribution is 9.10. The second kappa shape index (κ2) is 5.66. The standard InChI is InChI=1S/C14H16BrN3O2/c1-4-10-17-12(14(19)20-3)13(16)18(10)9-7-5-6-8(2)11(9)15/h5-7H,4,16H2,1-3H3. The van der Waals surface area contributed by atoms with Crippen molar-refractivity contribution in [2.75, 3.05) is 12.8 Å². The van der Waals surface area contributed by atoms with Gasteiger partial charge in [0, 0.05) is 10.9 Å². The van der Waals surface area contributed by atoms with Gasteiger partial charge in [-0.15, -0.1) is 0 Å². The zero-order chi connectivity index (χ0) is 14.9. The molecule has 0 saturated carbocycles. The molecule has 1 aromatic carbocycles. The number of nitrogens with two attached hydrogens (primary N) is 1. The van der Waals surface area contributed by atoms with Crippen molar-refractivity contribution >= 4 is 27.7 Å². The monoisotopic (exact) mass is 337 g/mol. The van der Waals surface area contributed by atoms with E-state index in [1.54, 1.807) is 4.57 Å². The molecule has 1 heterocycles. The molecular formula is C14H16BrN3O2. The fourth-order valence-electron chi connectivity index (χ4n) is 2.04. The van der Waals surface area contributed by atoms with Crippen molar-refractivity contribution in [1.82, 2.24) is 9.55 Å². The van der Waals surface area contributed by atoms with Crippen LogP contribution in [0.3, 0.4) is 0 Å². The first-order valence-electron chi connectivity index (χ1n) is 6.22. The number of benzene rings is 1. The van der Waals surface area contributed by atoms with Crippen LogP contribution in [0.5, 0.6) is 0 Å². The van der Waals surface area contributed by atoms with E-state index in [0.717, 1.165) is 15.7 Å². The van der Waals surface area contributed by atoms with Crippen molar-refractivity contribution in [3.63, 3.8) is 0 Å². The van der Waals surface area contributed by atoms with E-state index in [-0.39, 0.29) is 5.69 Å². The highest BCUT2D eigenvalue weighted by Crippen LogP contribution is 2.29.